The van der Waals surface area contributed by atoms with E-state index < -0.39 is 34.5 Å². The third kappa shape index (κ3) is 3.77. The zero-order chi connectivity index (χ0) is 25.6. The maximum atomic E-state index is 15.1. The molecule has 0 unspecified atom stereocenters. The molecule has 2 aromatic carbocycles. The number of fused-ring (bicyclic) bond motifs is 2. The van der Waals surface area contributed by atoms with Gasteiger partial charge in [0.25, 0.3) is 5.56 Å². The summed E-state index contributed by atoms with van der Waals surface area (Å²) < 4.78 is 40.7. The molecular weight excluding hydrogens is 496 g/mol. The largest absolute Gasteiger partial charge is 0.493 e. The van der Waals surface area contributed by atoms with Crippen molar-refractivity contribution >= 4 is 39.0 Å². The molecule has 0 saturated carbocycles. The van der Waals surface area contributed by atoms with Gasteiger partial charge in [0.2, 0.25) is 0 Å². The molecule has 0 fully saturated rings. The van der Waals surface area contributed by atoms with Gasteiger partial charge in [0.05, 0.1) is 23.7 Å². The molecule has 2 N–H and O–H groups in total. The molecule has 12 heteroatoms. The minimum Gasteiger partial charge on any atom is -0.493 e. The van der Waals surface area contributed by atoms with Gasteiger partial charge < -0.3 is 19.6 Å². The zero-order valence-corrected chi connectivity index (χ0v) is 19.2. The summed E-state index contributed by atoms with van der Waals surface area (Å²) in [4.78, 5) is 43.5. The van der Waals surface area contributed by atoms with Crippen LogP contribution in [0.1, 0.15) is 15.2 Å². The third-order valence-electron chi connectivity index (χ3n) is 5.56. The van der Waals surface area contributed by atoms with Gasteiger partial charge in [0.1, 0.15) is 17.3 Å². The molecule has 0 aliphatic heterocycles. The number of pyridine rings is 1. The number of nitrogens with one attached hydrogen (secondary N) is 1. The summed E-state index contributed by atoms with van der Waals surface area (Å²) in [6.45, 7) is -0.0953. The van der Waals surface area contributed by atoms with Crippen LogP contribution in [0, 0.1) is 11.6 Å². The number of ether oxygens (including phenoxy) is 2. The van der Waals surface area contributed by atoms with Gasteiger partial charge in [0.15, 0.2) is 17.3 Å². The van der Waals surface area contributed by atoms with Crippen molar-refractivity contribution in [2.24, 2.45) is 0 Å². The van der Waals surface area contributed by atoms with Crippen molar-refractivity contribution in [3.05, 3.63) is 91.0 Å². The molecule has 0 amide bonds. The average molecular weight is 511 g/mol. The summed E-state index contributed by atoms with van der Waals surface area (Å²) >= 11 is 0.765. The summed E-state index contributed by atoms with van der Waals surface area (Å²) in [5.74, 6) is -2.79. The van der Waals surface area contributed by atoms with Crippen molar-refractivity contribution in [1.82, 2.24) is 14.5 Å². The quantitative estimate of drug-likeness (QED) is 0.355. The van der Waals surface area contributed by atoms with Crippen molar-refractivity contribution < 1.29 is 28.2 Å². The first-order chi connectivity index (χ1) is 17.3. The Kier molecular flexibility index (Phi) is 5.72. The molecule has 0 saturated heterocycles. The number of carbonyl (C=O) groups is 1. The van der Waals surface area contributed by atoms with E-state index in [1.165, 1.54) is 43.1 Å². The van der Waals surface area contributed by atoms with Gasteiger partial charge >= 0.3 is 11.7 Å². The number of methoxy groups -OCH3 is 1. The van der Waals surface area contributed by atoms with E-state index in [0.717, 1.165) is 23.5 Å². The van der Waals surface area contributed by atoms with E-state index in [9.17, 15) is 23.9 Å². The molecule has 5 aromatic rings. The van der Waals surface area contributed by atoms with Gasteiger partial charge in [-0.15, -0.1) is 11.3 Å². The number of carboxylic acids is 1. The van der Waals surface area contributed by atoms with E-state index in [1.807, 2.05) is 0 Å². The summed E-state index contributed by atoms with van der Waals surface area (Å²) in [5.41, 5.74) is -1.82. The minimum atomic E-state index is -1.36. The van der Waals surface area contributed by atoms with Crippen molar-refractivity contribution in [2.45, 2.75) is 6.61 Å². The minimum absolute atomic E-state index is 0.00885. The number of hydrogen-bond donors (Lipinski definition) is 2. The Morgan fingerprint density at radius 1 is 1.14 bits per heavy atom. The molecule has 3 aromatic heterocycles. The first-order valence-corrected chi connectivity index (χ1v) is 11.2. The number of aromatic nitrogens is 3. The Morgan fingerprint density at radius 2 is 1.94 bits per heavy atom. The van der Waals surface area contributed by atoms with Crippen molar-refractivity contribution in [1.29, 1.82) is 0 Å². The third-order valence-corrected chi connectivity index (χ3v) is 6.53. The monoisotopic (exact) mass is 511 g/mol. The number of thiophene rings is 1. The van der Waals surface area contributed by atoms with Crippen molar-refractivity contribution in [3.8, 4) is 17.2 Å². The predicted octanol–water partition coefficient (Wildman–Crippen LogP) is 3.85. The molecule has 5 rings (SSSR count). The second kappa shape index (κ2) is 8.89. The second-order valence-corrected chi connectivity index (χ2v) is 8.48. The molecule has 0 aliphatic rings. The van der Waals surface area contributed by atoms with E-state index in [0.29, 0.717) is 20.9 Å². The Morgan fingerprint density at radius 3 is 2.69 bits per heavy atom. The number of aromatic amines is 1. The molecule has 0 atom stereocenters. The lowest BCUT2D eigenvalue weighted by Gasteiger charge is -2.15. The Hall–Kier alpha value is -4.58. The summed E-state index contributed by atoms with van der Waals surface area (Å²) in [6.07, 6.45) is 2.94. The van der Waals surface area contributed by atoms with Crippen LogP contribution in [0.5, 0.6) is 11.5 Å². The lowest BCUT2D eigenvalue weighted by atomic mass is 10.1. The maximum absolute atomic E-state index is 15.1. The van der Waals surface area contributed by atoms with E-state index in [1.54, 1.807) is 0 Å². The first kappa shape index (κ1) is 23.2. The Labute approximate surface area is 203 Å². The normalized spacial score (nSPS) is 11.2. The Balaban J connectivity index is 1.62. The van der Waals surface area contributed by atoms with Gasteiger partial charge in [-0.05, 0) is 17.7 Å². The molecule has 36 heavy (non-hydrogen) atoms. The number of halogens is 2. The SMILES string of the molecule is COc1cc(F)c(-n2c(=O)[nH]c3csc(C(=O)O)c3c2=O)cc1OCc1ccc(F)c2ccncc12. The van der Waals surface area contributed by atoms with Gasteiger partial charge in [-0.1, -0.05) is 6.07 Å². The maximum Gasteiger partial charge on any atom is 0.346 e. The number of hydrogen-bond acceptors (Lipinski definition) is 7. The van der Waals surface area contributed by atoms with Gasteiger partial charge in [0, 0.05) is 40.7 Å². The number of H-pyrrole nitrogens is 1. The molecule has 0 radical (unpaired) electrons. The number of aromatic carboxylic acids is 1. The number of carboxylic acid groups (broad SMARTS) is 1. The molecule has 3 heterocycles. The average Bonchev–Trinajstić information content (AvgIpc) is 3.29. The topological polar surface area (TPSA) is 124 Å². The van der Waals surface area contributed by atoms with Crippen LogP contribution in [0.15, 0.2) is 57.7 Å². The summed E-state index contributed by atoms with van der Waals surface area (Å²) in [6, 6.07) is 6.37. The summed E-state index contributed by atoms with van der Waals surface area (Å²) in [5, 5.41) is 11.3. The molecule has 0 aliphatic carbocycles. The van der Waals surface area contributed by atoms with Crippen LogP contribution in [-0.4, -0.2) is 32.7 Å². The highest BCUT2D eigenvalue weighted by atomic mass is 32.1. The molecular formula is C24H15F2N3O6S. The van der Waals surface area contributed by atoms with Crippen LogP contribution in [0.25, 0.3) is 27.4 Å². The molecule has 9 nitrogen and oxygen atoms in total. The predicted molar refractivity (Wildman–Crippen MR) is 128 cm³/mol. The lowest BCUT2D eigenvalue weighted by Crippen LogP contribution is -2.34. The van der Waals surface area contributed by atoms with Crippen LogP contribution < -0.4 is 20.7 Å². The van der Waals surface area contributed by atoms with E-state index in [2.05, 4.69) is 9.97 Å². The van der Waals surface area contributed by atoms with E-state index in [-0.39, 0.29) is 33.9 Å². The fourth-order valence-electron chi connectivity index (χ4n) is 3.87. The fourth-order valence-corrected chi connectivity index (χ4v) is 4.70. The highest BCUT2D eigenvalue weighted by Crippen LogP contribution is 2.33. The van der Waals surface area contributed by atoms with Crippen LogP contribution in [0.3, 0.4) is 0 Å². The van der Waals surface area contributed by atoms with Crippen LogP contribution >= 0.6 is 11.3 Å². The summed E-state index contributed by atoms with van der Waals surface area (Å²) in [7, 11) is 1.29. The number of rotatable bonds is 6. The second-order valence-electron chi connectivity index (χ2n) is 7.60. The lowest BCUT2D eigenvalue weighted by molar-refractivity contribution is 0.0704. The van der Waals surface area contributed by atoms with Crippen molar-refractivity contribution in [3.63, 3.8) is 0 Å². The van der Waals surface area contributed by atoms with E-state index in [4.69, 9.17) is 9.47 Å². The van der Waals surface area contributed by atoms with Crippen LogP contribution in [0.2, 0.25) is 0 Å². The van der Waals surface area contributed by atoms with Gasteiger partial charge in [-0.3, -0.25) is 9.78 Å². The van der Waals surface area contributed by atoms with E-state index >= 15 is 4.39 Å². The number of nitrogens with zero attached hydrogens (tertiary/aromatic N) is 2. The van der Waals surface area contributed by atoms with Crippen molar-refractivity contribution in [2.75, 3.05) is 7.11 Å². The van der Waals surface area contributed by atoms with Crippen LogP contribution in [-0.2, 0) is 6.61 Å². The highest BCUT2D eigenvalue weighted by molar-refractivity contribution is 7.13. The Bertz CT molecular complexity index is 1790. The molecule has 182 valence electrons. The van der Waals surface area contributed by atoms with Gasteiger partial charge in [-0.2, -0.15) is 0 Å². The smallest absolute Gasteiger partial charge is 0.346 e. The fraction of sp³-hybridized carbons (Fsp3) is 0.0833. The number of benzene rings is 2. The van der Waals surface area contributed by atoms with Crippen LogP contribution in [0.4, 0.5) is 8.78 Å². The molecule has 0 bridgehead atoms. The standard InChI is InChI=1S/C24H15F2N3O6S/c1-34-18-6-15(26)17(29-22(30)20-16(28-24(29)33)10-36-21(20)23(31)32)7-19(18)35-9-11-2-3-14(25)12-4-5-27-8-13(11)12/h2-8,10H,9H2,1H3,(H,28,33)(H,31,32). The van der Waals surface area contributed by atoms with Gasteiger partial charge in [-0.25, -0.2) is 22.9 Å². The first-order valence-electron chi connectivity index (χ1n) is 10.3. The zero-order valence-electron chi connectivity index (χ0n) is 18.4. The highest BCUT2D eigenvalue weighted by Gasteiger charge is 2.22. The molecule has 0 spiro atoms.